The Morgan fingerprint density at radius 3 is 2.42 bits per heavy atom. The fourth-order valence-electron chi connectivity index (χ4n) is 5.36. The molecule has 6 nitrogen and oxygen atoms in total. The van der Waals surface area contributed by atoms with Crippen LogP contribution in [0.5, 0.6) is 0 Å². The maximum Gasteiger partial charge on any atom is 0.333 e. The average molecular weight is 446 g/mol. The van der Waals surface area contributed by atoms with Crippen LogP contribution in [0.25, 0.3) is 17.2 Å². The van der Waals surface area contributed by atoms with Gasteiger partial charge in [0.1, 0.15) is 5.82 Å². The van der Waals surface area contributed by atoms with Crippen molar-refractivity contribution >= 4 is 23.1 Å². The average Bonchev–Trinajstić information content (AvgIpc) is 3.14. The van der Waals surface area contributed by atoms with Crippen LogP contribution in [0.4, 0.5) is 5.82 Å². The monoisotopic (exact) mass is 445 g/mol. The zero-order valence-corrected chi connectivity index (χ0v) is 19.5. The molecular formula is C27H35N5O. The lowest BCUT2D eigenvalue weighted by Crippen LogP contribution is -2.46. The zero-order valence-electron chi connectivity index (χ0n) is 19.5. The lowest BCUT2D eigenvalue weighted by atomic mass is 9.89. The van der Waals surface area contributed by atoms with Gasteiger partial charge in [-0.3, -0.25) is 14.0 Å². The fourth-order valence-corrected chi connectivity index (χ4v) is 5.36. The lowest BCUT2D eigenvalue weighted by molar-refractivity contribution is 0.262. The molecule has 1 saturated heterocycles. The number of piperazine rings is 1. The molecule has 33 heavy (non-hydrogen) atoms. The number of hydrogen-bond acceptors (Lipinski definition) is 4. The van der Waals surface area contributed by atoms with Gasteiger partial charge in [0, 0.05) is 51.7 Å². The van der Waals surface area contributed by atoms with Gasteiger partial charge in [-0.05, 0) is 49.4 Å². The van der Waals surface area contributed by atoms with Gasteiger partial charge < -0.3 is 4.90 Å². The molecule has 1 aliphatic heterocycles. The third-order valence-corrected chi connectivity index (χ3v) is 7.25. The summed E-state index contributed by atoms with van der Waals surface area (Å²) >= 11 is 0. The highest BCUT2D eigenvalue weighted by atomic mass is 16.1. The van der Waals surface area contributed by atoms with E-state index in [4.69, 9.17) is 0 Å². The molecule has 3 heterocycles. The van der Waals surface area contributed by atoms with E-state index in [0.717, 1.165) is 62.5 Å². The van der Waals surface area contributed by atoms with Gasteiger partial charge in [0.25, 0.3) is 0 Å². The third-order valence-electron chi connectivity index (χ3n) is 7.25. The van der Waals surface area contributed by atoms with Gasteiger partial charge in [-0.15, -0.1) is 0 Å². The van der Waals surface area contributed by atoms with Gasteiger partial charge in [0.2, 0.25) is 0 Å². The summed E-state index contributed by atoms with van der Waals surface area (Å²) < 4.78 is 3.85. The van der Waals surface area contributed by atoms with E-state index in [1.54, 1.807) is 0 Å². The number of rotatable bonds is 7. The Balaban J connectivity index is 1.20. The quantitative estimate of drug-likeness (QED) is 0.539. The van der Waals surface area contributed by atoms with E-state index in [9.17, 15) is 4.79 Å². The number of hydrogen-bond donors (Lipinski definition) is 0. The number of pyridine rings is 1. The third kappa shape index (κ3) is 5.06. The second kappa shape index (κ2) is 10.4. The molecule has 0 N–H and O–H groups in total. The predicted molar refractivity (Wildman–Crippen MR) is 136 cm³/mol. The Labute approximate surface area is 196 Å². The summed E-state index contributed by atoms with van der Waals surface area (Å²) in [5, 5.41) is 0. The first kappa shape index (κ1) is 22.0. The summed E-state index contributed by atoms with van der Waals surface area (Å²) in [5.74, 6) is 1.70. The minimum absolute atomic E-state index is 0.0991. The van der Waals surface area contributed by atoms with Gasteiger partial charge in [0.15, 0.2) is 0 Å². The number of imidazole rings is 1. The minimum Gasteiger partial charge on any atom is -0.354 e. The predicted octanol–water partition coefficient (Wildman–Crippen LogP) is 4.46. The van der Waals surface area contributed by atoms with Crippen LogP contribution in [-0.4, -0.2) is 51.7 Å². The molecule has 174 valence electrons. The molecular weight excluding hydrogens is 410 g/mol. The van der Waals surface area contributed by atoms with E-state index < -0.39 is 0 Å². The van der Waals surface area contributed by atoms with Crippen molar-refractivity contribution in [1.82, 2.24) is 19.0 Å². The topological polar surface area (TPSA) is 46.3 Å². The van der Waals surface area contributed by atoms with Gasteiger partial charge in [0.05, 0.1) is 11.0 Å². The summed E-state index contributed by atoms with van der Waals surface area (Å²) in [7, 11) is 0. The molecule has 3 aromatic rings. The molecule has 5 rings (SSSR count). The molecule has 0 radical (unpaired) electrons. The molecule has 2 fully saturated rings. The smallest absolute Gasteiger partial charge is 0.333 e. The summed E-state index contributed by atoms with van der Waals surface area (Å²) in [5.41, 5.74) is 2.17. The van der Waals surface area contributed by atoms with Gasteiger partial charge >= 0.3 is 5.69 Å². The second-order valence-electron chi connectivity index (χ2n) is 9.45. The van der Waals surface area contributed by atoms with E-state index in [1.807, 2.05) is 45.8 Å². The van der Waals surface area contributed by atoms with Crippen molar-refractivity contribution in [3.05, 3.63) is 65.2 Å². The van der Waals surface area contributed by atoms with E-state index in [0.29, 0.717) is 5.92 Å². The van der Waals surface area contributed by atoms with Crippen molar-refractivity contribution in [2.75, 3.05) is 37.6 Å². The van der Waals surface area contributed by atoms with Crippen molar-refractivity contribution < 1.29 is 0 Å². The minimum atomic E-state index is 0.0991. The van der Waals surface area contributed by atoms with Crippen LogP contribution >= 0.6 is 0 Å². The van der Waals surface area contributed by atoms with Crippen molar-refractivity contribution in [2.24, 2.45) is 5.92 Å². The van der Waals surface area contributed by atoms with Crippen LogP contribution in [0.3, 0.4) is 0 Å². The van der Waals surface area contributed by atoms with E-state index in [-0.39, 0.29) is 5.69 Å². The first-order chi connectivity index (χ1) is 16.3. The second-order valence-corrected chi connectivity index (χ2v) is 9.45. The normalized spacial score (nSPS) is 18.5. The van der Waals surface area contributed by atoms with E-state index in [1.165, 1.54) is 32.1 Å². The van der Waals surface area contributed by atoms with Crippen molar-refractivity contribution in [1.29, 1.82) is 0 Å². The maximum absolute atomic E-state index is 13.3. The first-order valence-electron chi connectivity index (χ1n) is 12.5. The van der Waals surface area contributed by atoms with Crippen molar-refractivity contribution in [3.63, 3.8) is 0 Å². The lowest BCUT2D eigenvalue weighted by Gasteiger charge is -2.35. The zero-order chi connectivity index (χ0) is 22.5. The van der Waals surface area contributed by atoms with Gasteiger partial charge in [-0.2, -0.15) is 0 Å². The van der Waals surface area contributed by atoms with Crippen LogP contribution in [-0.2, 0) is 6.54 Å². The Hall–Kier alpha value is -2.86. The molecule has 0 amide bonds. The number of benzene rings is 1. The Morgan fingerprint density at radius 1 is 0.909 bits per heavy atom. The number of nitrogens with zero attached hydrogens (tertiary/aromatic N) is 5. The fraction of sp³-hybridized carbons (Fsp3) is 0.481. The summed E-state index contributed by atoms with van der Waals surface area (Å²) in [6.07, 6.45) is 13.4. The van der Waals surface area contributed by atoms with Crippen LogP contribution < -0.4 is 10.6 Å². The highest BCUT2D eigenvalue weighted by Crippen LogP contribution is 2.26. The molecule has 2 aromatic heterocycles. The molecule has 0 unspecified atom stereocenters. The molecule has 1 aliphatic carbocycles. The number of para-hydroxylation sites is 2. The van der Waals surface area contributed by atoms with Crippen LogP contribution in [0.15, 0.2) is 59.5 Å². The summed E-state index contributed by atoms with van der Waals surface area (Å²) in [6, 6.07) is 14.3. The van der Waals surface area contributed by atoms with Crippen LogP contribution in [0.1, 0.15) is 38.5 Å². The molecule has 0 spiro atoms. The highest BCUT2D eigenvalue weighted by Gasteiger charge is 2.19. The van der Waals surface area contributed by atoms with E-state index in [2.05, 4.69) is 39.1 Å². The van der Waals surface area contributed by atoms with Crippen molar-refractivity contribution in [3.8, 4) is 0 Å². The molecule has 1 saturated carbocycles. The SMILES string of the molecule is O=c1n(/C=C/CCN2CCN(c3ccccn3)CC2)c2ccccc2n1CC1CCCCC1. The van der Waals surface area contributed by atoms with E-state index >= 15 is 0 Å². The highest BCUT2D eigenvalue weighted by molar-refractivity contribution is 5.78. The number of anilines is 1. The Morgan fingerprint density at radius 2 is 1.67 bits per heavy atom. The Bertz CT molecular complexity index is 1120. The maximum atomic E-state index is 13.3. The molecule has 6 heteroatoms. The molecule has 0 atom stereocenters. The van der Waals surface area contributed by atoms with Gasteiger partial charge in [-0.1, -0.05) is 43.5 Å². The van der Waals surface area contributed by atoms with Crippen LogP contribution in [0, 0.1) is 5.92 Å². The standard InChI is InChI=1S/C27H35N5O/c33-27-31(24-12-4-5-13-25(24)32(27)22-23-10-2-1-3-11-23)17-9-8-16-29-18-20-30(21-19-29)26-14-6-7-15-28-26/h4-7,9,12-15,17,23H,1-3,8,10-11,16,18-22H2/b17-9+. The van der Waals surface area contributed by atoms with Gasteiger partial charge in [-0.25, -0.2) is 9.78 Å². The van der Waals surface area contributed by atoms with Crippen LogP contribution in [0.2, 0.25) is 0 Å². The molecule has 2 aliphatic rings. The Kier molecular flexibility index (Phi) is 6.91. The summed E-state index contributed by atoms with van der Waals surface area (Å²) in [6.45, 7) is 5.97. The molecule has 0 bridgehead atoms. The summed E-state index contributed by atoms with van der Waals surface area (Å²) in [4.78, 5) is 22.6. The van der Waals surface area contributed by atoms with Crippen molar-refractivity contribution in [2.45, 2.75) is 45.1 Å². The first-order valence-corrected chi connectivity index (χ1v) is 12.5. The largest absolute Gasteiger partial charge is 0.354 e. The molecule has 1 aromatic carbocycles. The number of aromatic nitrogens is 3. The number of fused-ring (bicyclic) bond motifs is 1.